The number of carbonyl (C=O) groups excluding carboxylic acids is 1. The molecular weight excluding hydrogens is 438 g/mol. The number of aryl methyl sites for hydroxylation is 1. The highest BCUT2D eigenvalue weighted by molar-refractivity contribution is 5.94. The average molecular weight is 463 g/mol. The lowest BCUT2D eigenvalue weighted by atomic mass is 10.0. The number of halogens is 3. The van der Waals surface area contributed by atoms with Crippen LogP contribution in [-0.4, -0.2) is 46.0 Å². The van der Waals surface area contributed by atoms with Crippen molar-refractivity contribution in [2.75, 3.05) is 19.6 Å². The van der Waals surface area contributed by atoms with Gasteiger partial charge in [-0.3, -0.25) is 14.6 Å². The lowest BCUT2D eigenvalue weighted by Gasteiger charge is -2.32. The molecule has 1 amide bonds. The molecule has 0 atom stereocenters. The highest BCUT2D eigenvalue weighted by Crippen LogP contribution is 2.15. The van der Waals surface area contributed by atoms with E-state index < -0.39 is 5.82 Å². The van der Waals surface area contributed by atoms with Crippen molar-refractivity contribution in [2.45, 2.75) is 32.4 Å². The monoisotopic (exact) mass is 462 g/mol. The van der Waals surface area contributed by atoms with Crippen molar-refractivity contribution < 1.29 is 13.6 Å². The zero-order chi connectivity index (χ0) is 22.0. The van der Waals surface area contributed by atoms with Crippen LogP contribution in [0.3, 0.4) is 0 Å². The number of nitrogens with zero attached hydrogens (tertiary/aromatic N) is 3. The van der Waals surface area contributed by atoms with Gasteiger partial charge in [-0.15, -0.1) is 12.4 Å². The summed E-state index contributed by atoms with van der Waals surface area (Å²) in [7, 11) is 0. The Balaban J connectivity index is 0.00000289. The molecule has 1 N–H and O–H groups in total. The van der Waals surface area contributed by atoms with E-state index in [0.717, 1.165) is 32.1 Å². The molecule has 1 fully saturated rings. The molecule has 170 valence electrons. The number of likely N-dealkylation sites (tertiary alicyclic amines) is 1. The van der Waals surface area contributed by atoms with Gasteiger partial charge in [0.05, 0.1) is 17.2 Å². The topological polar surface area (TPSA) is 67.2 Å². The number of rotatable bonds is 5. The second-order valence-electron chi connectivity index (χ2n) is 7.93. The summed E-state index contributed by atoms with van der Waals surface area (Å²) in [6, 6.07) is 8.89. The molecule has 3 heterocycles. The maximum absolute atomic E-state index is 13.7. The number of piperidine rings is 1. The Kier molecular flexibility index (Phi) is 7.58. The van der Waals surface area contributed by atoms with Gasteiger partial charge in [0, 0.05) is 49.9 Å². The van der Waals surface area contributed by atoms with Crippen molar-refractivity contribution in [1.29, 1.82) is 0 Å². The Morgan fingerprint density at radius 1 is 1.12 bits per heavy atom. The second-order valence-corrected chi connectivity index (χ2v) is 7.93. The van der Waals surface area contributed by atoms with Gasteiger partial charge in [0.15, 0.2) is 0 Å². The number of aromatic nitrogens is 2. The molecule has 0 bridgehead atoms. The van der Waals surface area contributed by atoms with E-state index >= 15 is 0 Å². The first-order valence-corrected chi connectivity index (χ1v) is 10.4. The Labute approximate surface area is 190 Å². The summed E-state index contributed by atoms with van der Waals surface area (Å²) in [4.78, 5) is 30.9. The van der Waals surface area contributed by atoms with Gasteiger partial charge < -0.3 is 14.8 Å². The molecule has 6 nitrogen and oxygen atoms in total. The summed E-state index contributed by atoms with van der Waals surface area (Å²) in [5.74, 6) is -1.13. The summed E-state index contributed by atoms with van der Waals surface area (Å²) >= 11 is 0. The molecule has 1 aromatic carbocycles. The fourth-order valence-corrected chi connectivity index (χ4v) is 3.92. The molecule has 2 aromatic heterocycles. The van der Waals surface area contributed by atoms with Crippen LogP contribution >= 0.6 is 12.4 Å². The van der Waals surface area contributed by atoms with Gasteiger partial charge in [-0.05, 0) is 43.5 Å². The minimum atomic E-state index is -0.475. The molecule has 0 unspecified atom stereocenters. The Morgan fingerprint density at radius 3 is 2.59 bits per heavy atom. The summed E-state index contributed by atoms with van der Waals surface area (Å²) in [5, 5.41) is 2.98. The molecule has 4 rings (SSSR count). The predicted molar refractivity (Wildman–Crippen MR) is 121 cm³/mol. The van der Waals surface area contributed by atoms with E-state index in [0.29, 0.717) is 35.2 Å². The fraction of sp³-hybridized carbons (Fsp3) is 0.348. The zero-order valence-electron chi connectivity index (χ0n) is 17.7. The smallest absolute Gasteiger partial charge is 0.251 e. The summed E-state index contributed by atoms with van der Waals surface area (Å²) in [5.41, 5.74) is 1.71. The average Bonchev–Trinajstić information content (AvgIpc) is 2.76. The minimum Gasteiger partial charge on any atom is -0.349 e. The number of hydrogen-bond donors (Lipinski definition) is 1. The molecule has 0 saturated carbocycles. The van der Waals surface area contributed by atoms with E-state index in [2.05, 4.69) is 15.2 Å². The lowest BCUT2D eigenvalue weighted by Crippen LogP contribution is -2.45. The van der Waals surface area contributed by atoms with Gasteiger partial charge in [-0.1, -0.05) is 6.07 Å². The van der Waals surface area contributed by atoms with E-state index in [4.69, 9.17) is 0 Å². The first-order valence-electron chi connectivity index (χ1n) is 10.4. The second kappa shape index (κ2) is 10.2. The van der Waals surface area contributed by atoms with Gasteiger partial charge in [-0.2, -0.15) is 0 Å². The quantitative estimate of drug-likeness (QED) is 0.631. The standard InChI is InChI=1S/C23H24F2N4O2.ClH/c1-15-2-3-16(12-19(15)25)23(31)27-18-6-8-28(9-7-18)10-11-29-21-13-17(24)14-26-20(21)4-5-22(29)30;/h2-5,12-14,18H,6-11H2,1H3,(H,27,31);1H. The number of nitrogens with one attached hydrogen (secondary N) is 1. The predicted octanol–water partition coefficient (Wildman–Crippen LogP) is 3.30. The van der Waals surface area contributed by atoms with Crippen molar-refractivity contribution in [3.63, 3.8) is 0 Å². The lowest BCUT2D eigenvalue weighted by molar-refractivity contribution is 0.0909. The van der Waals surface area contributed by atoms with Gasteiger partial charge in [-0.25, -0.2) is 8.78 Å². The van der Waals surface area contributed by atoms with Gasteiger partial charge in [0.25, 0.3) is 11.5 Å². The zero-order valence-corrected chi connectivity index (χ0v) is 18.5. The molecule has 0 radical (unpaired) electrons. The molecule has 0 aliphatic carbocycles. The van der Waals surface area contributed by atoms with Gasteiger partial charge in [0.2, 0.25) is 0 Å². The SMILES string of the molecule is Cc1ccc(C(=O)NC2CCN(CCn3c(=O)ccc4ncc(F)cc43)CC2)cc1F.Cl. The van der Waals surface area contributed by atoms with E-state index in [-0.39, 0.29) is 35.7 Å². The summed E-state index contributed by atoms with van der Waals surface area (Å²) < 4.78 is 28.9. The van der Waals surface area contributed by atoms with Crippen LogP contribution in [0.15, 0.2) is 47.4 Å². The highest BCUT2D eigenvalue weighted by Gasteiger charge is 2.21. The Hall–Kier alpha value is -2.84. The molecule has 0 spiro atoms. The number of amides is 1. The fourth-order valence-electron chi connectivity index (χ4n) is 3.92. The summed E-state index contributed by atoms with van der Waals surface area (Å²) in [6.45, 7) is 4.26. The van der Waals surface area contributed by atoms with Crippen molar-refractivity contribution in [2.24, 2.45) is 0 Å². The van der Waals surface area contributed by atoms with Gasteiger partial charge in [0.1, 0.15) is 11.6 Å². The molecule has 9 heteroatoms. The molecule has 32 heavy (non-hydrogen) atoms. The maximum atomic E-state index is 13.7. The molecule has 3 aromatic rings. The van der Waals surface area contributed by atoms with Crippen LogP contribution in [-0.2, 0) is 6.54 Å². The van der Waals surface area contributed by atoms with Crippen LogP contribution in [0, 0.1) is 18.6 Å². The number of benzene rings is 1. The van der Waals surface area contributed by atoms with Crippen molar-refractivity contribution >= 4 is 29.3 Å². The van der Waals surface area contributed by atoms with Crippen molar-refractivity contribution in [1.82, 2.24) is 19.8 Å². The van der Waals surface area contributed by atoms with Crippen LogP contribution in [0.2, 0.25) is 0 Å². The van der Waals surface area contributed by atoms with E-state index in [9.17, 15) is 18.4 Å². The van der Waals surface area contributed by atoms with E-state index in [1.807, 2.05) is 0 Å². The van der Waals surface area contributed by atoms with Crippen LogP contribution in [0.25, 0.3) is 11.0 Å². The molecule has 1 aliphatic heterocycles. The molecule has 1 saturated heterocycles. The number of carbonyl (C=O) groups is 1. The summed E-state index contributed by atoms with van der Waals surface area (Å²) in [6.07, 6.45) is 2.67. The molecular formula is C23H25ClF2N4O2. The maximum Gasteiger partial charge on any atom is 0.251 e. The molecule has 1 aliphatic rings. The largest absolute Gasteiger partial charge is 0.349 e. The number of hydrogen-bond acceptors (Lipinski definition) is 4. The van der Waals surface area contributed by atoms with Crippen LogP contribution in [0.5, 0.6) is 0 Å². The van der Waals surface area contributed by atoms with Crippen LogP contribution < -0.4 is 10.9 Å². The normalized spacial score (nSPS) is 14.8. The van der Waals surface area contributed by atoms with Crippen LogP contribution in [0.4, 0.5) is 8.78 Å². The third kappa shape index (κ3) is 5.31. The van der Waals surface area contributed by atoms with E-state index in [1.54, 1.807) is 29.7 Å². The Bertz CT molecular complexity index is 1180. The van der Waals surface area contributed by atoms with Crippen molar-refractivity contribution in [3.8, 4) is 0 Å². The van der Waals surface area contributed by atoms with Crippen molar-refractivity contribution in [3.05, 3.63) is 75.7 Å². The number of fused-ring (bicyclic) bond motifs is 1. The third-order valence-corrected chi connectivity index (χ3v) is 5.80. The first kappa shape index (κ1) is 23.8. The minimum absolute atomic E-state index is 0. The van der Waals surface area contributed by atoms with Crippen LogP contribution in [0.1, 0.15) is 28.8 Å². The highest BCUT2D eigenvalue weighted by atomic mass is 35.5. The third-order valence-electron chi connectivity index (χ3n) is 5.80. The first-order chi connectivity index (χ1) is 14.9. The Morgan fingerprint density at radius 2 is 1.88 bits per heavy atom. The number of pyridine rings is 2. The van der Waals surface area contributed by atoms with E-state index in [1.165, 1.54) is 18.2 Å². The van der Waals surface area contributed by atoms with Gasteiger partial charge >= 0.3 is 0 Å².